The predicted molar refractivity (Wildman–Crippen MR) is 68.8 cm³/mol. The molecule has 0 saturated carbocycles. The molecule has 0 unspecified atom stereocenters. The molecule has 0 radical (unpaired) electrons. The van der Waals surface area contributed by atoms with Gasteiger partial charge in [0.1, 0.15) is 0 Å². The van der Waals surface area contributed by atoms with Crippen LogP contribution in [-0.4, -0.2) is 62.8 Å². The van der Waals surface area contributed by atoms with Crippen LogP contribution in [0.5, 0.6) is 0 Å². The second kappa shape index (κ2) is 6.58. The van der Waals surface area contributed by atoms with Crippen LogP contribution < -0.4 is 0 Å². The molecule has 0 atom stereocenters. The molecule has 0 amide bonds. The molecule has 0 aromatic rings. The first-order valence-electron chi connectivity index (χ1n) is 6.46. The SMILES string of the molecule is CN(CCOCCN1CC1)CCC(C)(C)C. The topological polar surface area (TPSA) is 15.5 Å². The maximum Gasteiger partial charge on any atom is 0.0594 e. The first kappa shape index (κ1) is 13.9. The molecule has 0 N–H and O–H groups in total. The number of rotatable bonds is 8. The Morgan fingerprint density at radius 2 is 1.81 bits per heavy atom. The van der Waals surface area contributed by atoms with Crippen LogP contribution in [-0.2, 0) is 4.74 Å². The number of hydrogen-bond donors (Lipinski definition) is 0. The van der Waals surface area contributed by atoms with Crippen LogP contribution in [0.3, 0.4) is 0 Å². The number of hydrogen-bond acceptors (Lipinski definition) is 3. The van der Waals surface area contributed by atoms with Gasteiger partial charge in [0, 0.05) is 26.2 Å². The number of nitrogens with zero attached hydrogens (tertiary/aromatic N) is 2. The van der Waals surface area contributed by atoms with E-state index in [0.29, 0.717) is 5.41 Å². The highest BCUT2D eigenvalue weighted by Crippen LogP contribution is 2.18. The van der Waals surface area contributed by atoms with Crippen molar-refractivity contribution in [2.24, 2.45) is 5.41 Å². The van der Waals surface area contributed by atoms with E-state index < -0.39 is 0 Å². The van der Waals surface area contributed by atoms with E-state index in [2.05, 4.69) is 37.6 Å². The second-order valence-electron chi connectivity index (χ2n) is 6.07. The molecule has 1 fully saturated rings. The van der Waals surface area contributed by atoms with E-state index in [1.54, 1.807) is 0 Å². The van der Waals surface area contributed by atoms with Gasteiger partial charge in [-0.15, -0.1) is 0 Å². The third-order valence-corrected chi connectivity index (χ3v) is 2.95. The Bertz CT molecular complexity index is 185. The molecule has 0 spiro atoms. The van der Waals surface area contributed by atoms with Crippen LogP contribution >= 0.6 is 0 Å². The third kappa shape index (κ3) is 8.08. The zero-order chi connectivity index (χ0) is 12.0. The van der Waals surface area contributed by atoms with Crippen molar-refractivity contribution in [2.75, 3.05) is 53.0 Å². The van der Waals surface area contributed by atoms with Gasteiger partial charge in [-0.05, 0) is 25.4 Å². The average molecular weight is 228 g/mol. The fourth-order valence-electron chi connectivity index (χ4n) is 1.45. The lowest BCUT2D eigenvalue weighted by Crippen LogP contribution is -2.27. The Balaban J connectivity index is 1.86. The smallest absolute Gasteiger partial charge is 0.0594 e. The highest BCUT2D eigenvalue weighted by Gasteiger charge is 2.15. The summed E-state index contributed by atoms with van der Waals surface area (Å²) >= 11 is 0. The lowest BCUT2D eigenvalue weighted by Gasteiger charge is -2.23. The van der Waals surface area contributed by atoms with Crippen LogP contribution in [0.25, 0.3) is 0 Å². The van der Waals surface area contributed by atoms with Gasteiger partial charge in [0.2, 0.25) is 0 Å². The molecule has 1 aliphatic heterocycles. The summed E-state index contributed by atoms with van der Waals surface area (Å²) in [6.45, 7) is 14.5. The molecule has 96 valence electrons. The summed E-state index contributed by atoms with van der Waals surface area (Å²) in [4.78, 5) is 4.76. The molecule has 3 heteroatoms. The Hall–Kier alpha value is -0.120. The summed E-state index contributed by atoms with van der Waals surface area (Å²) in [5, 5.41) is 0. The molecule has 3 nitrogen and oxygen atoms in total. The average Bonchev–Trinajstić information content (AvgIpc) is 2.97. The highest BCUT2D eigenvalue weighted by molar-refractivity contribution is 4.71. The molecule has 1 heterocycles. The van der Waals surface area contributed by atoms with Crippen molar-refractivity contribution in [3.05, 3.63) is 0 Å². The number of ether oxygens (including phenoxy) is 1. The van der Waals surface area contributed by atoms with Crippen molar-refractivity contribution in [1.82, 2.24) is 9.80 Å². The maximum atomic E-state index is 5.60. The molecular formula is C13H28N2O. The van der Waals surface area contributed by atoms with Gasteiger partial charge in [0.15, 0.2) is 0 Å². The Morgan fingerprint density at radius 1 is 1.12 bits per heavy atom. The minimum atomic E-state index is 0.439. The van der Waals surface area contributed by atoms with Crippen molar-refractivity contribution in [3.63, 3.8) is 0 Å². The van der Waals surface area contributed by atoms with Gasteiger partial charge in [-0.3, -0.25) is 4.90 Å². The summed E-state index contributed by atoms with van der Waals surface area (Å²) < 4.78 is 5.60. The van der Waals surface area contributed by atoms with Crippen LogP contribution in [0.2, 0.25) is 0 Å². The standard InChI is InChI=1S/C13H28N2O/c1-13(2,3)5-6-14(4)9-11-16-12-10-15-7-8-15/h5-12H2,1-4H3. The van der Waals surface area contributed by atoms with Crippen molar-refractivity contribution in [3.8, 4) is 0 Å². The molecule has 0 bridgehead atoms. The molecular weight excluding hydrogens is 200 g/mol. The lowest BCUT2D eigenvalue weighted by atomic mass is 9.92. The predicted octanol–water partition coefficient (Wildman–Crippen LogP) is 1.69. The summed E-state index contributed by atoms with van der Waals surface area (Å²) in [6, 6.07) is 0. The second-order valence-corrected chi connectivity index (χ2v) is 6.07. The molecule has 0 aliphatic carbocycles. The largest absolute Gasteiger partial charge is 0.379 e. The Labute approximate surface area is 101 Å². The summed E-state index contributed by atoms with van der Waals surface area (Å²) in [5.74, 6) is 0. The van der Waals surface area contributed by atoms with E-state index in [-0.39, 0.29) is 0 Å². The van der Waals surface area contributed by atoms with Crippen LogP contribution in [0.4, 0.5) is 0 Å². The van der Waals surface area contributed by atoms with Crippen LogP contribution in [0.15, 0.2) is 0 Å². The first-order valence-corrected chi connectivity index (χ1v) is 6.46. The van der Waals surface area contributed by atoms with E-state index >= 15 is 0 Å². The third-order valence-electron chi connectivity index (χ3n) is 2.95. The fourth-order valence-corrected chi connectivity index (χ4v) is 1.45. The molecule has 1 aliphatic rings. The van der Waals surface area contributed by atoms with E-state index in [1.165, 1.54) is 26.1 Å². The van der Waals surface area contributed by atoms with Crippen molar-refractivity contribution >= 4 is 0 Å². The van der Waals surface area contributed by atoms with Gasteiger partial charge in [-0.1, -0.05) is 20.8 Å². The Kier molecular flexibility index (Phi) is 5.73. The van der Waals surface area contributed by atoms with Crippen molar-refractivity contribution in [1.29, 1.82) is 0 Å². The zero-order valence-corrected chi connectivity index (χ0v) is 11.5. The minimum absolute atomic E-state index is 0.439. The molecule has 0 aromatic heterocycles. The maximum absolute atomic E-state index is 5.60. The number of likely N-dealkylation sites (N-methyl/N-ethyl adjacent to an activating group) is 1. The van der Waals surface area contributed by atoms with Crippen molar-refractivity contribution < 1.29 is 4.74 Å². The van der Waals surface area contributed by atoms with Gasteiger partial charge < -0.3 is 9.64 Å². The van der Waals surface area contributed by atoms with Crippen LogP contribution in [0, 0.1) is 5.41 Å². The molecule has 1 saturated heterocycles. The zero-order valence-electron chi connectivity index (χ0n) is 11.5. The summed E-state index contributed by atoms with van der Waals surface area (Å²) in [6.07, 6.45) is 1.25. The first-order chi connectivity index (χ1) is 7.47. The molecule has 16 heavy (non-hydrogen) atoms. The van der Waals surface area contributed by atoms with E-state index in [9.17, 15) is 0 Å². The minimum Gasteiger partial charge on any atom is -0.379 e. The highest BCUT2D eigenvalue weighted by atomic mass is 16.5. The summed E-state index contributed by atoms with van der Waals surface area (Å²) in [5.41, 5.74) is 0.439. The van der Waals surface area contributed by atoms with Gasteiger partial charge in [0.25, 0.3) is 0 Å². The summed E-state index contributed by atoms with van der Waals surface area (Å²) in [7, 11) is 2.18. The normalized spacial score (nSPS) is 17.1. The Morgan fingerprint density at radius 3 is 2.38 bits per heavy atom. The van der Waals surface area contributed by atoms with E-state index in [4.69, 9.17) is 4.74 Å². The van der Waals surface area contributed by atoms with Gasteiger partial charge in [-0.25, -0.2) is 0 Å². The van der Waals surface area contributed by atoms with Gasteiger partial charge in [0.05, 0.1) is 13.2 Å². The fraction of sp³-hybridized carbons (Fsp3) is 1.00. The quantitative estimate of drug-likeness (QED) is 0.464. The van der Waals surface area contributed by atoms with Gasteiger partial charge in [-0.2, -0.15) is 0 Å². The molecule has 1 rings (SSSR count). The van der Waals surface area contributed by atoms with E-state index in [0.717, 1.165) is 26.3 Å². The molecule has 0 aromatic carbocycles. The van der Waals surface area contributed by atoms with Crippen LogP contribution in [0.1, 0.15) is 27.2 Å². The van der Waals surface area contributed by atoms with E-state index in [1.807, 2.05) is 0 Å². The van der Waals surface area contributed by atoms with Gasteiger partial charge >= 0.3 is 0 Å². The van der Waals surface area contributed by atoms with Crippen molar-refractivity contribution in [2.45, 2.75) is 27.2 Å². The monoisotopic (exact) mass is 228 g/mol. The lowest BCUT2D eigenvalue weighted by molar-refractivity contribution is 0.103.